The number of hydrogen-bond acceptors (Lipinski definition) is 2. The van der Waals surface area contributed by atoms with Gasteiger partial charge in [-0.2, -0.15) is 0 Å². The second kappa shape index (κ2) is 4.85. The summed E-state index contributed by atoms with van der Waals surface area (Å²) in [6, 6.07) is -0.593. The summed E-state index contributed by atoms with van der Waals surface area (Å²) in [7, 11) is 0. The van der Waals surface area contributed by atoms with Gasteiger partial charge in [0.15, 0.2) is 0 Å². The Morgan fingerprint density at radius 2 is 1.81 bits per heavy atom. The maximum absolute atomic E-state index is 12.2. The van der Waals surface area contributed by atoms with Gasteiger partial charge in [0, 0.05) is 6.04 Å². The minimum Gasteiger partial charge on any atom is -0.342 e. The van der Waals surface area contributed by atoms with Gasteiger partial charge >= 0.3 is 0 Å². The van der Waals surface area contributed by atoms with E-state index >= 15 is 0 Å². The van der Waals surface area contributed by atoms with E-state index in [-0.39, 0.29) is 35.9 Å². The van der Waals surface area contributed by atoms with Crippen LogP contribution in [0.4, 0.5) is 0 Å². The minimum absolute atomic E-state index is 0.0190. The molecule has 2 amide bonds. The van der Waals surface area contributed by atoms with Crippen LogP contribution in [-0.2, 0) is 9.59 Å². The van der Waals surface area contributed by atoms with Gasteiger partial charge in [0.1, 0.15) is 12.1 Å². The van der Waals surface area contributed by atoms with Crippen molar-refractivity contribution in [2.45, 2.75) is 59.2 Å². The molecule has 4 nitrogen and oxygen atoms in total. The van der Waals surface area contributed by atoms with Crippen LogP contribution in [0.2, 0.25) is 0 Å². The van der Waals surface area contributed by atoms with Gasteiger partial charge in [0.25, 0.3) is 0 Å². The lowest BCUT2D eigenvalue weighted by Gasteiger charge is -2.42. The molecule has 16 heavy (non-hydrogen) atoms. The summed E-state index contributed by atoms with van der Waals surface area (Å²) < 4.78 is 0. The van der Waals surface area contributed by atoms with Crippen molar-refractivity contribution in [3.63, 3.8) is 0 Å². The highest BCUT2D eigenvalue weighted by Gasteiger charge is 2.41. The summed E-state index contributed by atoms with van der Waals surface area (Å²) in [5.74, 6) is 0.168. The number of amides is 2. The van der Waals surface area contributed by atoms with Crippen LogP contribution in [0.5, 0.6) is 0 Å². The molecule has 1 saturated heterocycles. The highest BCUT2D eigenvalue weighted by Crippen LogP contribution is 2.19. The van der Waals surface area contributed by atoms with E-state index in [1.165, 1.54) is 0 Å². The fraction of sp³-hybridized carbons (Fsp3) is 0.833. The van der Waals surface area contributed by atoms with Crippen LogP contribution in [0.3, 0.4) is 0 Å². The Balaban J connectivity index is 2.99. The minimum atomic E-state index is -0.363. The van der Waals surface area contributed by atoms with Crippen molar-refractivity contribution in [3.05, 3.63) is 0 Å². The Morgan fingerprint density at radius 1 is 1.25 bits per heavy atom. The normalized spacial score (nSPS) is 26.6. The molecule has 2 unspecified atom stereocenters. The highest BCUT2D eigenvalue weighted by molar-refractivity contribution is 5.97. The summed E-state index contributed by atoms with van der Waals surface area (Å²) >= 11 is 0. The van der Waals surface area contributed by atoms with Gasteiger partial charge in [-0.05, 0) is 26.2 Å². The molecule has 0 saturated carbocycles. The zero-order chi connectivity index (χ0) is 12.5. The monoisotopic (exact) mass is 226 g/mol. The lowest BCUT2D eigenvalue weighted by molar-refractivity contribution is -0.152. The SMILES string of the molecule is CCC1C(=O)NC(C(C)C)C(=O)N1C(C)C. The van der Waals surface area contributed by atoms with E-state index in [0.717, 1.165) is 0 Å². The summed E-state index contributed by atoms with van der Waals surface area (Å²) in [6.07, 6.45) is 0.667. The largest absolute Gasteiger partial charge is 0.342 e. The third-order valence-corrected chi connectivity index (χ3v) is 3.07. The van der Waals surface area contributed by atoms with Gasteiger partial charge in [0.05, 0.1) is 0 Å². The van der Waals surface area contributed by atoms with E-state index < -0.39 is 0 Å². The van der Waals surface area contributed by atoms with E-state index in [1.54, 1.807) is 4.90 Å². The maximum atomic E-state index is 12.2. The van der Waals surface area contributed by atoms with E-state index in [4.69, 9.17) is 0 Å². The average Bonchev–Trinajstić information content (AvgIpc) is 2.19. The molecule has 1 N–H and O–H groups in total. The standard InChI is InChI=1S/C12H22N2O2/c1-6-9-11(15)13-10(7(2)3)12(16)14(9)8(4)5/h7-10H,6H2,1-5H3,(H,13,15). The lowest BCUT2D eigenvalue weighted by atomic mass is 9.96. The molecule has 92 valence electrons. The summed E-state index contributed by atoms with van der Waals surface area (Å²) in [5.41, 5.74) is 0. The third-order valence-electron chi connectivity index (χ3n) is 3.07. The van der Waals surface area contributed by atoms with Gasteiger partial charge in [0.2, 0.25) is 11.8 Å². The predicted octanol–water partition coefficient (Wildman–Crippen LogP) is 1.16. The van der Waals surface area contributed by atoms with Crippen LogP contribution in [0.25, 0.3) is 0 Å². The van der Waals surface area contributed by atoms with Gasteiger partial charge < -0.3 is 10.2 Å². The molecule has 1 heterocycles. The van der Waals surface area contributed by atoms with Crippen LogP contribution < -0.4 is 5.32 Å². The van der Waals surface area contributed by atoms with Crippen LogP contribution >= 0.6 is 0 Å². The molecule has 0 aromatic carbocycles. The van der Waals surface area contributed by atoms with Crippen molar-refractivity contribution >= 4 is 11.8 Å². The van der Waals surface area contributed by atoms with E-state index in [9.17, 15) is 9.59 Å². The number of carbonyl (C=O) groups excluding carboxylic acids is 2. The quantitative estimate of drug-likeness (QED) is 0.785. The Kier molecular flexibility index (Phi) is 3.94. The molecule has 0 bridgehead atoms. The van der Waals surface area contributed by atoms with Crippen LogP contribution in [0.1, 0.15) is 41.0 Å². The molecule has 4 heteroatoms. The fourth-order valence-electron chi connectivity index (χ4n) is 2.20. The first-order valence-electron chi connectivity index (χ1n) is 6.02. The molecule has 1 rings (SSSR count). The van der Waals surface area contributed by atoms with Gasteiger partial charge in [-0.1, -0.05) is 20.8 Å². The number of piperazine rings is 1. The van der Waals surface area contributed by atoms with Crippen LogP contribution in [0.15, 0.2) is 0 Å². The van der Waals surface area contributed by atoms with Gasteiger partial charge in [-0.15, -0.1) is 0 Å². The summed E-state index contributed by atoms with van der Waals surface area (Å²) in [5, 5.41) is 2.82. The average molecular weight is 226 g/mol. The molecule has 0 spiro atoms. The molecule has 0 aromatic heterocycles. The molecular formula is C12H22N2O2. The molecular weight excluding hydrogens is 204 g/mol. The van der Waals surface area contributed by atoms with Crippen molar-refractivity contribution in [2.75, 3.05) is 0 Å². The zero-order valence-corrected chi connectivity index (χ0v) is 10.8. The van der Waals surface area contributed by atoms with Crippen molar-refractivity contribution < 1.29 is 9.59 Å². The topological polar surface area (TPSA) is 49.4 Å². The first-order chi connectivity index (χ1) is 7.40. The third kappa shape index (κ3) is 2.20. The second-order valence-corrected chi connectivity index (χ2v) is 4.99. The fourth-order valence-corrected chi connectivity index (χ4v) is 2.20. The number of nitrogens with zero attached hydrogens (tertiary/aromatic N) is 1. The smallest absolute Gasteiger partial charge is 0.246 e. The first kappa shape index (κ1) is 13.0. The number of carbonyl (C=O) groups is 2. The molecule has 0 radical (unpaired) electrons. The Labute approximate surface area is 97.4 Å². The molecule has 0 aliphatic carbocycles. The van der Waals surface area contributed by atoms with Crippen molar-refractivity contribution in [2.24, 2.45) is 5.92 Å². The zero-order valence-electron chi connectivity index (χ0n) is 10.8. The Bertz CT molecular complexity index is 287. The van der Waals surface area contributed by atoms with Crippen LogP contribution in [0, 0.1) is 5.92 Å². The summed E-state index contributed by atoms with van der Waals surface area (Å²) in [4.78, 5) is 25.9. The number of rotatable bonds is 3. The number of nitrogens with one attached hydrogen (secondary N) is 1. The van der Waals surface area contributed by atoms with Crippen LogP contribution in [-0.4, -0.2) is 34.8 Å². The lowest BCUT2D eigenvalue weighted by Crippen LogP contribution is -2.66. The van der Waals surface area contributed by atoms with E-state index in [2.05, 4.69) is 5.32 Å². The van der Waals surface area contributed by atoms with Crippen molar-refractivity contribution in [3.8, 4) is 0 Å². The van der Waals surface area contributed by atoms with Crippen molar-refractivity contribution in [1.82, 2.24) is 10.2 Å². The molecule has 1 aliphatic heterocycles. The molecule has 1 aliphatic rings. The van der Waals surface area contributed by atoms with Gasteiger partial charge in [-0.3, -0.25) is 9.59 Å². The highest BCUT2D eigenvalue weighted by atomic mass is 16.2. The first-order valence-corrected chi connectivity index (χ1v) is 6.02. The molecule has 0 aromatic rings. The summed E-state index contributed by atoms with van der Waals surface area (Å²) in [6.45, 7) is 9.75. The predicted molar refractivity (Wildman–Crippen MR) is 62.8 cm³/mol. The Hall–Kier alpha value is -1.06. The Morgan fingerprint density at radius 3 is 2.19 bits per heavy atom. The molecule has 2 atom stereocenters. The maximum Gasteiger partial charge on any atom is 0.246 e. The molecule has 1 fully saturated rings. The number of hydrogen-bond donors (Lipinski definition) is 1. The second-order valence-electron chi connectivity index (χ2n) is 4.99. The van der Waals surface area contributed by atoms with Gasteiger partial charge in [-0.25, -0.2) is 0 Å². The van der Waals surface area contributed by atoms with E-state index in [1.807, 2.05) is 34.6 Å². The van der Waals surface area contributed by atoms with E-state index in [0.29, 0.717) is 6.42 Å². The van der Waals surface area contributed by atoms with Crippen molar-refractivity contribution in [1.29, 1.82) is 0 Å².